The summed E-state index contributed by atoms with van der Waals surface area (Å²) in [5.41, 5.74) is 1.92. The first-order chi connectivity index (χ1) is 16.8. The maximum Gasteiger partial charge on any atom is 0.322 e. The highest BCUT2D eigenvalue weighted by Gasteiger charge is 2.50. The number of anilines is 2. The first-order valence-corrected chi connectivity index (χ1v) is 11.8. The molecule has 2 aromatic rings. The molecule has 1 fully saturated rings. The van der Waals surface area contributed by atoms with E-state index in [4.69, 9.17) is 4.74 Å². The highest BCUT2D eigenvalue weighted by atomic mass is 32.2. The first kappa shape index (κ1) is 22.9. The van der Waals surface area contributed by atoms with E-state index in [2.05, 4.69) is 16.0 Å². The Bertz CT molecular complexity index is 1280. The lowest BCUT2D eigenvalue weighted by atomic mass is 9.96. The Hall–Kier alpha value is -3.86. The van der Waals surface area contributed by atoms with Crippen LogP contribution >= 0.6 is 11.8 Å². The molecule has 0 radical (unpaired) electrons. The van der Waals surface area contributed by atoms with Crippen LogP contribution in [0.5, 0.6) is 0 Å². The number of thioether (sulfide) groups is 1. The van der Waals surface area contributed by atoms with Gasteiger partial charge in [0.1, 0.15) is 12.1 Å². The van der Waals surface area contributed by atoms with Gasteiger partial charge in [-0.15, -0.1) is 11.8 Å². The molecule has 3 N–H and O–H groups in total. The summed E-state index contributed by atoms with van der Waals surface area (Å²) in [6.45, 7) is -0.229. The van der Waals surface area contributed by atoms with Gasteiger partial charge in [0.15, 0.2) is 0 Å². The molecular formula is C24H22N4O6S. The zero-order valence-electron chi connectivity index (χ0n) is 18.8. The van der Waals surface area contributed by atoms with Gasteiger partial charge in [-0.1, -0.05) is 18.2 Å². The Labute approximate surface area is 204 Å². The van der Waals surface area contributed by atoms with E-state index in [9.17, 15) is 24.0 Å². The molecule has 180 valence electrons. The first-order valence-electron chi connectivity index (χ1n) is 11.0. The molecule has 0 saturated carbocycles. The number of para-hydroxylation sites is 1. The summed E-state index contributed by atoms with van der Waals surface area (Å²) in [6.07, 6.45) is 0.615. The van der Waals surface area contributed by atoms with Crippen LogP contribution in [-0.2, 0) is 36.8 Å². The summed E-state index contributed by atoms with van der Waals surface area (Å²) in [7, 11) is 1.27. The number of imide groups is 1. The molecule has 1 spiro atoms. The quantitative estimate of drug-likeness (QED) is 0.422. The molecule has 10 nitrogen and oxygen atoms in total. The smallest absolute Gasteiger partial charge is 0.322 e. The molecule has 1 saturated heterocycles. The molecule has 5 rings (SSSR count). The van der Waals surface area contributed by atoms with Gasteiger partial charge in [0, 0.05) is 23.4 Å². The van der Waals surface area contributed by atoms with Crippen molar-refractivity contribution in [1.82, 2.24) is 10.6 Å². The van der Waals surface area contributed by atoms with Gasteiger partial charge in [0.25, 0.3) is 5.91 Å². The van der Waals surface area contributed by atoms with Crippen molar-refractivity contribution in [2.45, 2.75) is 34.9 Å². The van der Waals surface area contributed by atoms with Crippen LogP contribution in [-0.4, -0.2) is 54.2 Å². The van der Waals surface area contributed by atoms with Gasteiger partial charge >= 0.3 is 12.0 Å². The number of rotatable bonds is 5. The van der Waals surface area contributed by atoms with E-state index in [1.54, 1.807) is 24.3 Å². The van der Waals surface area contributed by atoms with Crippen molar-refractivity contribution in [2.75, 3.05) is 23.9 Å². The standard InChI is InChI=1S/C24H22N4O6S/c1-34-20(30)9-18-21(31)28(16-4-2-3-5-17(16)35-18)12-19(29)25-15-7-6-13-10-24(11-14(13)8-15)22(32)26-23(33)27-24/h2-8,18H,9-12H2,1H3,(H,25,29)(H2,26,27,32,33). The highest BCUT2D eigenvalue weighted by Crippen LogP contribution is 2.40. The molecular weight excluding hydrogens is 472 g/mol. The Morgan fingerprint density at radius 1 is 1.14 bits per heavy atom. The zero-order valence-corrected chi connectivity index (χ0v) is 19.6. The second-order valence-corrected chi connectivity index (χ2v) is 9.90. The lowest BCUT2D eigenvalue weighted by Crippen LogP contribution is -2.47. The van der Waals surface area contributed by atoms with Crippen LogP contribution in [0.4, 0.5) is 16.2 Å². The van der Waals surface area contributed by atoms with Gasteiger partial charge in [0.2, 0.25) is 11.8 Å². The van der Waals surface area contributed by atoms with Gasteiger partial charge in [-0.3, -0.25) is 24.5 Å². The minimum atomic E-state index is -0.988. The molecule has 1 aliphatic carbocycles. The zero-order chi connectivity index (χ0) is 24.7. The third-order valence-corrected chi connectivity index (χ3v) is 7.59. The molecule has 2 aromatic carbocycles. The molecule has 35 heavy (non-hydrogen) atoms. The van der Waals surface area contributed by atoms with Crippen molar-refractivity contribution >= 4 is 52.9 Å². The van der Waals surface area contributed by atoms with Gasteiger partial charge in [-0.2, -0.15) is 0 Å². The molecule has 2 unspecified atom stereocenters. The summed E-state index contributed by atoms with van der Waals surface area (Å²) >= 11 is 1.28. The Morgan fingerprint density at radius 3 is 2.66 bits per heavy atom. The van der Waals surface area contributed by atoms with E-state index in [1.807, 2.05) is 18.2 Å². The van der Waals surface area contributed by atoms with Crippen LogP contribution in [0.1, 0.15) is 17.5 Å². The summed E-state index contributed by atoms with van der Waals surface area (Å²) in [5.74, 6) is -1.60. The van der Waals surface area contributed by atoms with E-state index in [1.165, 1.54) is 23.8 Å². The average Bonchev–Trinajstić information content (AvgIpc) is 3.32. The fourth-order valence-corrected chi connectivity index (χ4v) is 5.89. The molecule has 5 amide bonds. The minimum Gasteiger partial charge on any atom is -0.469 e. The van der Waals surface area contributed by atoms with Crippen LogP contribution < -0.4 is 20.9 Å². The number of ether oxygens (including phenoxy) is 1. The number of hydrogen-bond acceptors (Lipinski definition) is 7. The van der Waals surface area contributed by atoms with Crippen LogP contribution in [0.3, 0.4) is 0 Å². The second kappa shape index (κ2) is 8.73. The van der Waals surface area contributed by atoms with Crippen LogP contribution in [0.25, 0.3) is 0 Å². The molecule has 11 heteroatoms. The number of urea groups is 1. The number of carbonyl (C=O) groups excluding carboxylic acids is 5. The monoisotopic (exact) mass is 494 g/mol. The number of nitrogens with one attached hydrogen (secondary N) is 3. The number of esters is 1. The van der Waals surface area contributed by atoms with Gasteiger partial charge < -0.3 is 20.3 Å². The van der Waals surface area contributed by atoms with Crippen molar-refractivity contribution < 1.29 is 28.7 Å². The summed E-state index contributed by atoms with van der Waals surface area (Å²) in [6, 6.07) is 12.0. The van der Waals surface area contributed by atoms with E-state index >= 15 is 0 Å². The van der Waals surface area contributed by atoms with Crippen molar-refractivity contribution in [2.24, 2.45) is 0 Å². The number of hydrogen-bond donors (Lipinski definition) is 3. The summed E-state index contributed by atoms with van der Waals surface area (Å²) in [5, 5.41) is 7.12. The summed E-state index contributed by atoms with van der Waals surface area (Å²) in [4.78, 5) is 63.9. The Balaban J connectivity index is 1.31. The fraction of sp³-hybridized carbons (Fsp3) is 0.292. The largest absolute Gasteiger partial charge is 0.469 e. The SMILES string of the molecule is COC(=O)CC1Sc2ccccc2N(CC(=O)Nc2ccc3c(c2)CC2(C3)NC(=O)NC2=O)C1=O. The predicted octanol–water partition coefficient (Wildman–Crippen LogP) is 1.37. The van der Waals surface area contributed by atoms with Gasteiger partial charge in [0.05, 0.1) is 24.5 Å². The molecule has 0 aromatic heterocycles. The number of amides is 5. The number of nitrogens with zero attached hydrogens (tertiary/aromatic N) is 1. The molecule has 0 bridgehead atoms. The van der Waals surface area contributed by atoms with Crippen molar-refractivity contribution in [3.63, 3.8) is 0 Å². The van der Waals surface area contributed by atoms with Crippen molar-refractivity contribution in [3.8, 4) is 0 Å². The van der Waals surface area contributed by atoms with Crippen molar-refractivity contribution in [1.29, 1.82) is 0 Å². The fourth-order valence-electron chi connectivity index (χ4n) is 4.68. The maximum absolute atomic E-state index is 13.1. The van der Waals surface area contributed by atoms with Gasteiger partial charge in [-0.25, -0.2) is 4.79 Å². The van der Waals surface area contributed by atoms with Crippen LogP contribution in [0.2, 0.25) is 0 Å². The number of methoxy groups -OCH3 is 1. The van der Waals surface area contributed by atoms with E-state index in [-0.39, 0.29) is 24.8 Å². The van der Waals surface area contributed by atoms with Crippen LogP contribution in [0, 0.1) is 0 Å². The average molecular weight is 495 g/mol. The minimum absolute atomic E-state index is 0.0941. The molecule has 2 aliphatic heterocycles. The summed E-state index contributed by atoms with van der Waals surface area (Å²) < 4.78 is 4.72. The second-order valence-electron chi connectivity index (χ2n) is 8.65. The van der Waals surface area contributed by atoms with Gasteiger partial charge in [-0.05, 0) is 35.4 Å². The molecule has 2 heterocycles. The van der Waals surface area contributed by atoms with E-state index in [0.29, 0.717) is 24.2 Å². The lowest BCUT2D eigenvalue weighted by molar-refractivity contribution is -0.141. The lowest BCUT2D eigenvalue weighted by Gasteiger charge is -2.32. The van der Waals surface area contributed by atoms with E-state index < -0.39 is 28.7 Å². The Morgan fingerprint density at radius 2 is 1.91 bits per heavy atom. The number of benzene rings is 2. The topological polar surface area (TPSA) is 134 Å². The molecule has 2 atom stereocenters. The van der Waals surface area contributed by atoms with E-state index in [0.717, 1.165) is 16.0 Å². The Kier molecular flexibility index (Phi) is 5.72. The number of fused-ring (bicyclic) bond motifs is 2. The predicted molar refractivity (Wildman–Crippen MR) is 127 cm³/mol. The number of carbonyl (C=O) groups is 5. The normalized spacial score (nSPS) is 22.4. The third-order valence-electron chi connectivity index (χ3n) is 6.34. The highest BCUT2D eigenvalue weighted by molar-refractivity contribution is 8.01. The molecule has 3 aliphatic rings. The van der Waals surface area contributed by atoms with Crippen molar-refractivity contribution in [3.05, 3.63) is 53.6 Å². The maximum atomic E-state index is 13.1. The van der Waals surface area contributed by atoms with Crippen LogP contribution in [0.15, 0.2) is 47.4 Å². The third kappa shape index (κ3) is 4.23.